The molecule has 0 N–H and O–H groups in total. The fraction of sp³-hybridized carbons (Fsp3) is 0.939. The molecule has 55 heavy (non-hydrogen) atoms. The van der Waals surface area contributed by atoms with Gasteiger partial charge >= 0.3 is 17.9 Å². The van der Waals surface area contributed by atoms with Crippen LogP contribution in [0.5, 0.6) is 0 Å². The van der Waals surface area contributed by atoms with Gasteiger partial charge in [-0.15, -0.1) is 0 Å². The first-order valence-electron chi connectivity index (χ1n) is 24.3. The highest BCUT2D eigenvalue weighted by Crippen LogP contribution is 2.17. The van der Waals surface area contributed by atoms with Gasteiger partial charge in [0.05, 0.1) is 0 Å². The molecule has 0 radical (unpaired) electrons. The second kappa shape index (κ2) is 42.0. The molecule has 2 atom stereocenters. The number of rotatable bonds is 43. The van der Waals surface area contributed by atoms with Crippen LogP contribution < -0.4 is 0 Å². The summed E-state index contributed by atoms with van der Waals surface area (Å²) in [5.41, 5.74) is 0. The highest BCUT2D eigenvalue weighted by Gasteiger charge is 2.19. The maximum absolute atomic E-state index is 12.7. The van der Waals surface area contributed by atoms with Gasteiger partial charge < -0.3 is 14.2 Å². The van der Waals surface area contributed by atoms with Gasteiger partial charge in [0.1, 0.15) is 13.2 Å². The topological polar surface area (TPSA) is 78.9 Å². The summed E-state index contributed by atoms with van der Waals surface area (Å²) in [7, 11) is 0. The SMILES string of the molecule is CCCCCCCCCCCCC(=O)O[C@@H](COC(=O)CCCCCCCCCCCCCCCCC(C)CC)COC(=O)CCCCCCCCC(C)C. The third-order valence-electron chi connectivity index (χ3n) is 11.3. The van der Waals surface area contributed by atoms with E-state index in [0.717, 1.165) is 69.6 Å². The van der Waals surface area contributed by atoms with E-state index in [0.29, 0.717) is 19.3 Å². The molecule has 0 rings (SSSR count). The van der Waals surface area contributed by atoms with Crippen LogP contribution in [0.2, 0.25) is 0 Å². The molecule has 0 aromatic rings. The van der Waals surface area contributed by atoms with Crippen LogP contribution in [0.1, 0.15) is 266 Å². The van der Waals surface area contributed by atoms with Gasteiger partial charge in [0.25, 0.3) is 0 Å². The van der Waals surface area contributed by atoms with E-state index in [9.17, 15) is 14.4 Å². The van der Waals surface area contributed by atoms with E-state index in [4.69, 9.17) is 14.2 Å². The fourth-order valence-electron chi connectivity index (χ4n) is 7.25. The Labute approximate surface area is 342 Å². The summed E-state index contributed by atoms with van der Waals surface area (Å²) in [6.07, 6.45) is 41.0. The maximum atomic E-state index is 12.7. The predicted octanol–water partition coefficient (Wildman–Crippen LogP) is 15.4. The molecule has 6 heteroatoms. The second-order valence-electron chi connectivity index (χ2n) is 17.5. The molecule has 0 fully saturated rings. The lowest BCUT2D eigenvalue weighted by Gasteiger charge is -2.18. The lowest BCUT2D eigenvalue weighted by atomic mass is 9.99. The van der Waals surface area contributed by atoms with Gasteiger partial charge in [-0.25, -0.2) is 0 Å². The average Bonchev–Trinajstić information content (AvgIpc) is 3.17. The predicted molar refractivity (Wildman–Crippen MR) is 233 cm³/mol. The van der Waals surface area contributed by atoms with Gasteiger partial charge in [-0.2, -0.15) is 0 Å². The molecule has 0 aliphatic rings. The molecule has 0 amide bonds. The van der Waals surface area contributed by atoms with E-state index in [-0.39, 0.29) is 31.1 Å². The van der Waals surface area contributed by atoms with Crippen molar-refractivity contribution >= 4 is 17.9 Å². The molecule has 0 bridgehead atoms. The average molecular weight is 779 g/mol. The molecule has 0 aromatic carbocycles. The number of hydrogen-bond donors (Lipinski definition) is 0. The van der Waals surface area contributed by atoms with Crippen LogP contribution in [0.25, 0.3) is 0 Å². The van der Waals surface area contributed by atoms with Crippen molar-refractivity contribution in [1.29, 1.82) is 0 Å². The zero-order valence-corrected chi connectivity index (χ0v) is 37.6. The molecule has 0 aliphatic carbocycles. The molecule has 0 saturated carbocycles. The number of unbranched alkanes of at least 4 members (excludes halogenated alkanes) is 27. The van der Waals surface area contributed by atoms with Gasteiger partial charge in [0.2, 0.25) is 0 Å². The standard InChI is InChI=1S/C49H94O6/c1-6-8-9-10-11-12-20-24-31-36-41-49(52)55-46(43-54-48(51)40-35-30-26-25-27-32-37-44(3)4)42-53-47(50)39-34-29-23-21-18-16-14-13-15-17-19-22-28-33-38-45(5)7-2/h44-46H,6-43H2,1-5H3/t45?,46-/m0/s1. The van der Waals surface area contributed by atoms with E-state index < -0.39 is 6.10 Å². The summed E-state index contributed by atoms with van der Waals surface area (Å²) in [5.74, 6) is 0.800. The summed E-state index contributed by atoms with van der Waals surface area (Å²) in [5, 5.41) is 0. The van der Waals surface area contributed by atoms with Crippen LogP contribution in [0.15, 0.2) is 0 Å². The Morgan fingerprint density at radius 2 is 0.691 bits per heavy atom. The lowest BCUT2D eigenvalue weighted by molar-refractivity contribution is -0.167. The van der Waals surface area contributed by atoms with E-state index >= 15 is 0 Å². The summed E-state index contributed by atoms with van der Waals surface area (Å²) in [6, 6.07) is 0. The van der Waals surface area contributed by atoms with E-state index in [2.05, 4.69) is 34.6 Å². The number of esters is 3. The molecule has 0 aromatic heterocycles. The molecular weight excluding hydrogens is 685 g/mol. The van der Waals surface area contributed by atoms with E-state index in [1.54, 1.807) is 0 Å². The fourth-order valence-corrected chi connectivity index (χ4v) is 7.25. The Kier molecular flexibility index (Phi) is 40.8. The first-order valence-corrected chi connectivity index (χ1v) is 24.3. The van der Waals surface area contributed by atoms with Gasteiger partial charge in [-0.05, 0) is 31.1 Å². The van der Waals surface area contributed by atoms with Crippen molar-refractivity contribution < 1.29 is 28.6 Å². The van der Waals surface area contributed by atoms with Crippen LogP contribution in [0.3, 0.4) is 0 Å². The molecule has 1 unspecified atom stereocenters. The zero-order chi connectivity index (χ0) is 40.5. The first kappa shape index (κ1) is 53.4. The van der Waals surface area contributed by atoms with Gasteiger partial charge in [0.15, 0.2) is 6.10 Å². The Hall–Kier alpha value is -1.59. The molecule has 6 nitrogen and oxygen atoms in total. The van der Waals surface area contributed by atoms with Gasteiger partial charge in [-0.1, -0.05) is 227 Å². The van der Waals surface area contributed by atoms with Gasteiger partial charge in [0, 0.05) is 19.3 Å². The maximum Gasteiger partial charge on any atom is 0.306 e. The van der Waals surface area contributed by atoms with Crippen molar-refractivity contribution in [2.24, 2.45) is 11.8 Å². The third kappa shape index (κ3) is 41.9. The van der Waals surface area contributed by atoms with Crippen LogP contribution in [-0.2, 0) is 28.6 Å². The Morgan fingerprint density at radius 1 is 0.382 bits per heavy atom. The van der Waals surface area contributed by atoms with Gasteiger partial charge in [-0.3, -0.25) is 14.4 Å². The second-order valence-corrected chi connectivity index (χ2v) is 17.5. The molecule has 0 spiro atoms. The minimum atomic E-state index is -0.760. The Balaban J connectivity index is 4.23. The molecular formula is C49H94O6. The largest absolute Gasteiger partial charge is 0.462 e. The van der Waals surface area contributed by atoms with Crippen molar-refractivity contribution in [2.45, 2.75) is 272 Å². The summed E-state index contributed by atoms with van der Waals surface area (Å²) >= 11 is 0. The minimum Gasteiger partial charge on any atom is -0.462 e. The quantitative estimate of drug-likeness (QED) is 0.0348. The molecule has 0 heterocycles. The normalized spacial score (nSPS) is 12.5. The zero-order valence-electron chi connectivity index (χ0n) is 37.6. The number of carbonyl (C=O) groups is 3. The highest BCUT2D eigenvalue weighted by atomic mass is 16.6. The Morgan fingerprint density at radius 3 is 1.04 bits per heavy atom. The van der Waals surface area contributed by atoms with Crippen molar-refractivity contribution in [3.63, 3.8) is 0 Å². The third-order valence-corrected chi connectivity index (χ3v) is 11.3. The van der Waals surface area contributed by atoms with Crippen molar-refractivity contribution in [1.82, 2.24) is 0 Å². The summed E-state index contributed by atoms with van der Waals surface area (Å²) in [4.78, 5) is 37.7. The number of hydrogen-bond acceptors (Lipinski definition) is 6. The molecule has 326 valence electrons. The summed E-state index contributed by atoms with van der Waals surface area (Å²) in [6.45, 7) is 11.3. The number of ether oxygens (including phenoxy) is 3. The van der Waals surface area contributed by atoms with Crippen LogP contribution in [0.4, 0.5) is 0 Å². The first-order chi connectivity index (χ1) is 26.8. The van der Waals surface area contributed by atoms with Crippen LogP contribution in [0, 0.1) is 11.8 Å². The Bertz CT molecular complexity index is 841. The smallest absolute Gasteiger partial charge is 0.306 e. The van der Waals surface area contributed by atoms with Crippen LogP contribution in [-0.4, -0.2) is 37.2 Å². The van der Waals surface area contributed by atoms with Crippen molar-refractivity contribution in [3.8, 4) is 0 Å². The van der Waals surface area contributed by atoms with E-state index in [1.165, 1.54) is 154 Å². The van der Waals surface area contributed by atoms with E-state index in [1.807, 2.05) is 0 Å². The summed E-state index contributed by atoms with van der Waals surface area (Å²) < 4.78 is 16.7. The molecule has 0 aliphatic heterocycles. The highest BCUT2D eigenvalue weighted by molar-refractivity contribution is 5.71. The minimum absolute atomic E-state index is 0.0650. The van der Waals surface area contributed by atoms with Crippen molar-refractivity contribution in [3.05, 3.63) is 0 Å². The molecule has 0 saturated heterocycles. The number of carbonyl (C=O) groups excluding carboxylic acids is 3. The van der Waals surface area contributed by atoms with Crippen molar-refractivity contribution in [2.75, 3.05) is 13.2 Å². The lowest BCUT2D eigenvalue weighted by Crippen LogP contribution is -2.30. The van der Waals surface area contributed by atoms with Crippen LogP contribution >= 0.6 is 0 Å². The monoisotopic (exact) mass is 779 g/mol.